The Kier molecular flexibility index (Phi) is 5.18. The molecule has 1 aromatic carbocycles. The molecule has 1 aliphatic heterocycles. The third-order valence-electron chi connectivity index (χ3n) is 4.90. The molecule has 0 radical (unpaired) electrons. The Balaban J connectivity index is 1.68. The monoisotopic (exact) mass is 318 g/mol. The highest BCUT2D eigenvalue weighted by Crippen LogP contribution is 2.37. The third-order valence-corrected chi connectivity index (χ3v) is 4.90. The van der Waals surface area contributed by atoms with Crippen molar-refractivity contribution in [1.29, 1.82) is 0 Å². The molecule has 1 heterocycles. The quantitative estimate of drug-likeness (QED) is 0.869. The van der Waals surface area contributed by atoms with Crippen molar-refractivity contribution in [2.75, 3.05) is 40.0 Å². The van der Waals surface area contributed by atoms with Gasteiger partial charge in [0.1, 0.15) is 5.75 Å². The van der Waals surface area contributed by atoms with Crippen LogP contribution in [0, 0.1) is 11.8 Å². The summed E-state index contributed by atoms with van der Waals surface area (Å²) in [6.07, 6.45) is 1.02. The van der Waals surface area contributed by atoms with Gasteiger partial charge in [-0.15, -0.1) is 0 Å². The number of methoxy groups -OCH3 is 1. The molecule has 0 aromatic heterocycles. The summed E-state index contributed by atoms with van der Waals surface area (Å²) in [6, 6.07) is 8.32. The number of hydrogen-bond donors (Lipinski definition) is 1. The summed E-state index contributed by atoms with van der Waals surface area (Å²) < 4.78 is 10.7. The van der Waals surface area contributed by atoms with Gasteiger partial charge in [-0.3, -0.25) is 9.69 Å². The maximum Gasteiger partial charge on any atom is 0.223 e. The van der Waals surface area contributed by atoms with E-state index in [-0.39, 0.29) is 17.9 Å². The third kappa shape index (κ3) is 4.03. The lowest BCUT2D eigenvalue weighted by atomic mass is 10.0. The molecule has 0 bridgehead atoms. The molecular formula is C18H26N2O3. The lowest BCUT2D eigenvalue weighted by Crippen LogP contribution is -2.44. The summed E-state index contributed by atoms with van der Waals surface area (Å²) in [5, 5.41) is 3.15. The first kappa shape index (κ1) is 16.3. The number of hydrogen-bond acceptors (Lipinski definition) is 4. The topological polar surface area (TPSA) is 50.8 Å². The molecule has 3 rings (SSSR count). The number of rotatable bonds is 6. The van der Waals surface area contributed by atoms with Crippen LogP contribution in [0.1, 0.15) is 24.9 Å². The molecular weight excluding hydrogens is 292 g/mol. The fourth-order valence-corrected chi connectivity index (χ4v) is 3.19. The summed E-state index contributed by atoms with van der Waals surface area (Å²) in [7, 11) is 1.67. The summed E-state index contributed by atoms with van der Waals surface area (Å²) in [5.74, 6) is 1.81. The van der Waals surface area contributed by atoms with Crippen LogP contribution in [0.25, 0.3) is 0 Å². The normalized spacial score (nSPS) is 25.7. The van der Waals surface area contributed by atoms with Crippen LogP contribution >= 0.6 is 0 Å². The second-order valence-electron chi connectivity index (χ2n) is 6.50. The number of carbonyl (C=O) groups is 1. The van der Waals surface area contributed by atoms with Crippen LogP contribution in [0.4, 0.5) is 0 Å². The van der Waals surface area contributed by atoms with Crippen molar-refractivity contribution in [3.05, 3.63) is 29.8 Å². The first-order chi connectivity index (χ1) is 11.2. The highest BCUT2D eigenvalue weighted by molar-refractivity contribution is 5.81. The average molecular weight is 318 g/mol. The van der Waals surface area contributed by atoms with E-state index in [9.17, 15) is 4.79 Å². The predicted molar refractivity (Wildman–Crippen MR) is 88.4 cm³/mol. The smallest absolute Gasteiger partial charge is 0.223 e. The second kappa shape index (κ2) is 7.32. The van der Waals surface area contributed by atoms with Crippen LogP contribution in [0.3, 0.4) is 0 Å². The summed E-state index contributed by atoms with van der Waals surface area (Å²) >= 11 is 0. The minimum Gasteiger partial charge on any atom is -0.497 e. The van der Waals surface area contributed by atoms with Crippen molar-refractivity contribution in [2.45, 2.75) is 19.4 Å². The Morgan fingerprint density at radius 2 is 2.00 bits per heavy atom. The van der Waals surface area contributed by atoms with Crippen LogP contribution in [-0.2, 0) is 9.53 Å². The summed E-state index contributed by atoms with van der Waals surface area (Å²) in [4.78, 5) is 14.6. The molecule has 3 unspecified atom stereocenters. The molecule has 1 amide bonds. The fourth-order valence-electron chi connectivity index (χ4n) is 3.19. The van der Waals surface area contributed by atoms with Gasteiger partial charge < -0.3 is 14.8 Å². The Morgan fingerprint density at radius 1 is 1.35 bits per heavy atom. The number of amides is 1. The largest absolute Gasteiger partial charge is 0.497 e. The van der Waals surface area contributed by atoms with Crippen molar-refractivity contribution in [3.63, 3.8) is 0 Å². The van der Waals surface area contributed by atoms with Gasteiger partial charge in [-0.05, 0) is 30.0 Å². The molecule has 1 aromatic rings. The van der Waals surface area contributed by atoms with Crippen LogP contribution in [0.2, 0.25) is 0 Å². The molecule has 126 valence electrons. The molecule has 3 atom stereocenters. The van der Waals surface area contributed by atoms with E-state index in [0.29, 0.717) is 12.5 Å². The van der Waals surface area contributed by atoms with Crippen molar-refractivity contribution >= 4 is 5.91 Å². The van der Waals surface area contributed by atoms with E-state index < -0.39 is 0 Å². The van der Waals surface area contributed by atoms with Gasteiger partial charge in [-0.25, -0.2) is 0 Å². The molecule has 0 spiro atoms. The second-order valence-corrected chi connectivity index (χ2v) is 6.50. The fraction of sp³-hybridized carbons (Fsp3) is 0.611. The van der Waals surface area contributed by atoms with Crippen molar-refractivity contribution in [3.8, 4) is 5.75 Å². The van der Waals surface area contributed by atoms with E-state index in [0.717, 1.165) is 38.5 Å². The van der Waals surface area contributed by atoms with Gasteiger partial charge in [0.2, 0.25) is 5.91 Å². The molecule has 1 aliphatic carbocycles. The minimum absolute atomic E-state index is 0.183. The number of nitrogens with one attached hydrogen (secondary N) is 1. The van der Waals surface area contributed by atoms with E-state index in [1.54, 1.807) is 7.11 Å². The minimum atomic E-state index is 0.183. The van der Waals surface area contributed by atoms with Crippen LogP contribution in [0.5, 0.6) is 5.75 Å². The molecule has 5 heteroatoms. The van der Waals surface area contributed by atoms with E-state index in [1.807, 2.05) is 12.1 Å². The van der Waals surface area contributed by atoms with Gasteiger partial charge in [0, 0.05) is 25.6 Å². The zero-order valence-corrected chi connectivity index (χ0v) is 14.0. The van der Waals surface area contributed by atoms with E-state index in [2.05, 4.69) is 29.3 Å². The first-order valence-corrected chi connectivity index (χ1v) is 8.42. The summed E-state index contributed by atoms with van der Waals surface area (Å²) in [6.45, 7) is 6.07. The van der Waals surface area contributed by atoms with Crippen LogP contribution in [-0.4, -0.2) is 50.8 Å². The van der Waals surface area contributed by atoms with Gasteiger partial charge in [0.25, 0.3) is 0 Å². The maximum absolute atomic E-state index is 12.2. The van der Waals surface area contributed by atoms with Gasteiger partial charge in [0.05, 0.1) is 26.4 Å². The predicted octanol–water partition coefficient (Wildman–Crippen LogP) is 1.84. The molecule has 2 aliphatic rings. The Labute approximate surface area is 137 Å². The highest BCUT2D eigenvalue weighted by Gasteiger charge is 2.39. The SMILES string of the molecule is COc1ccc(C(CNC(=O)C2CC2C)N2CCOCC2)cc1. The average Bonchev–Trinajstić information content (AvgIpc) is 3.33. The Morgan fingerprint density at radius 3 is 2.57 bits per heavy atom. The van der Waals surface area contributed by atoms with Crippen LogP contribution < -0.4 is 10.1 Å². The van der Waals surface area contributed by atoms with Gasteiger partial charge in [-0.2, -0.15) is 0 Å². The van der Waals surface area contributed by atoms with Gasteiger partial charge in [0.15, 0.2) is 0 Å². The van der Waals surface area contributed by atoms with Crippen molar-refractivity contribution in [1.82, 2.24) is 10.2 Å². The van der Waals surface area contributed by atoms with Crippen LogP contribution in [0.15, 0.2) is 24.3 Å². The lowest BCUT2D eigenvalue weighted by molar-refractivity contribution is -0.122. The summed E-state index contributed by atoms with van der Waals surface area (Å²) in [5.41, 5.74) is 1.21. The number of morpholine rings is 1. The number of benzene rings is 1. The van der Waals surface area contributed by atoms with Gasteiger partial charge in [-0.1, -0.05) is 19.1 Å². The highest BCUT2D eigenvalue weighted by atomic mass is 16.5. The molecule has 1 N–H and O–H groups in total. The molecule has 5 nitrogen and oxygen atoms in total. The first-order valence-electron chi connectivity index (χ1n) is 8.42. The van der Waals surface area contributed by atoms with Crippen molar-refractivity contribution in [2.24, 2.45) is 11.8 Å². The molecule has 2 fully saturated rings. The standard InChI is InChI=1S/C18H26N2O3/c1-13-11-16(13)18(21)19-12-17(20-7-9-23-10-8-20)14-3-5-15(22-2)6-4-14/h3-6,13,16-17H,7-12H2,1-2H3,(H,19,21). The number of ether oxygens (including phenoxy) is 2. The lowest BCUT2D eigenvalue weighted by Gasteiger charge is -2.35. The van der Waals surface area contributed by atoms with Crippen molar-refractivity contribution < 1.29 is 14.3 Å². The number of nitrogens with zero attached hydrogens (tertiary/aromatic N) is 1. The van der Waals surface area contributed by atoms with E-state index >= 15 is 0 Å². The molecule has 1 saturated carbocycles. The zero-order chi connectivity index (χ0) is 16.2. The zero-order valence-electron chi connectivity index (χ0n) is 14.0. The number of carbonyl (C=O) groups excluding carboxylic acids is 1. The molecule has 23 heavy (non-hydrogen) atoms. The molecule has 1 saturated heterocycles. The van der Waals surface area contributed by atoms with E-state index in [1.165, 1.54) is 5.56 Å². The Hall–Kier alpha value is -1.59. The Bertz CT molecular complexity index is 526. The van der Waals surface area contributed by atoms with E-state index in [4.69, 9.17) is 9.47 Å². The maximum atomic E-state index is 12.2. The van der Waals surface area contributed by atoms with Gasteiger partial charge >= 0.3 is 0 Å².